The van der Waals surface area contributed by atoms with E-state index in [2.05, 4.69) is 0 Å². The fraction of sp³-hybridized carbons (Fsp3) is 0.318. The summed E-state index contributed by atoms with van der Waals surface area (Å²) >= 11 is 0. The smallest absolute Gasteiger partial charge is 0.373 e. The van der Waals surface area contributed by atoms with Crippen LogP contribution >= 0.6 is 0 Å². The number of carbonyl (C=O) groups is 2. The van der Waals surface area contributed by atoms with E-state index in [0.717, 1.165) is 34.8 Å². The Kier molecular flexibility index (Phi) is 20.0. The highest BCUT2D eigenvalue weighted by atomic mass is 32.2. The van der Waals surface area contributed by atoms with Gasteiger partial charge in [-0.25, -0.2) is 9.59 Å². The second-order valence-electron chi connectivity index (χ2n) is 12.5. The van der Waals surface area contributed by atoms with Crippen molar-refractivity contribution in [3.63, 3.8) is 0 Å². The van der Waals surface area contributed by atoms with Gasteiger partial charge in [0.2, 0.25) is 11.5 Å². The fourth-order valence-electron chi connectivity index (χ4n) is 5.07. The van der Waals surface area contributed by atoms with Crippen molar-refractivity contribution in [3.8, 4) is 23.0 Å². The average Bonchev–Trinajstić information content (AvgIpc) is 3.19. The minimum absolute atomic E-state index is 0.146. The first kappa shape index (κ1) is 48.4. The molecule has 0 heterocycles. The first-order valence-electron chi connectivity index (χ1n) is 19.1. The monoisotopic (exact) mass is 868 g/mol. The third-order valence-electron chi connectivity index (χ3n) is 7.53. The Morgan fingerprint density at radius 2 is 0.833 bits per heavy atom. The van der Waals surface area contributed by atoms with Crippen LogP contribution in [0.4, 0.5) is 0 Å². The highest BCUT2D eigenvalue weighted by Gasteiger charge is 2.13. The Labute approximate surface area is 352 Å². The molecule has 0 aliphatic rings. The largest absolute Gasteiger partial charge is 0.493 e. The Morgan fingerprint density at radius 3 is 1.15 bits per heavy atom. The fourth-order valence-corrected chi connectivity index (χ4v) is 5.99. The summed E-state index contributed by atoms with van der Waals surface area (Å²) in [6, 6.07) is 28.2. The number of ether oxygens (including phenoxy) is 6. The molecule has 4 aromatic carbocycles. The molecular weight excluding hydrogens is 817 g/mol. The summed E-state index contributed by atoms with van der Waals surface area (Å²) in [5.74, 6) is 1.13. The lowest BCUT2D eigenvalue weighted by Crippen LogP contribution is -2.10. The molecule has 4 rings (SSSR count). The molecule has 0 aliphatic carbocycles. The van der Waals surface area contributed by atoms with Crippen LogP contribution in [-0.4, -0.2) is 80.9 Å². The molecule has 16 heteroatoms. The van der Waals surface area contributed by atoms with Crippen LogP contribution in [-0.2, 0) is 61.6 Å². The average molecular weight is 869 g/mol. The molecule has 0 amide bonds. The van der Waals surface area contributed by atoms with Crippen LogP contribution < -0.4 is 17.8 Å². The van der Waals surface area contributed by atoms with Crippen LogP contribution in [0.25, 0.3) is 12.2 Å². The van der Waals surface area contributed by atoms with Gasteiger partial charge >= 0.3 is 32.2 Å². The number of hydrogen-bond donors (Lipinski definition) is 0. The quantitative estimate of drug-likeness (QED) is 0.0336. The maximum Gasteiger partial charge on any atom is 0.373 e. The van der Waals surface area contributed by atoms with E-state index in [9.17, 15) is 26.4 Å². The predicted molar refractivity (Wildman–Crippen MR) is 228 cm³/mol. The summed E-state index contributed by atoms with van der Waals surface area (Å²) in [6.45, 7) is 9.18. The van der Waals surface area contributed by atoms with E-state index in [-0.39, 0.29) is 36.2 Å². The molecule has 0 bridgehead atoms. The number of hydrogen-bond acceptors (Lipinski definition) is 14. The van der Waals surface area contributed by atoms with Crippen LogP contribution in [0.15, 0.2) is 109 Å². The summed E-state index contributed by atoms with van der Waals surface area (Å²) in [5, 5.41) is 0. The zero-order valence-corrected chi connectivity index (χ0v) is 36.2. The number of esters is 2. The Balaban J connectivity index is 0.000000320. The minimum atomic E-state index is -3.54. The van der Waals surface area contributed by atoms with E-state index in [1.54, 1.807) is 101 Å². The molecule has 4 aromatic rings. The van der Waals surface area contributed by atoms with E-state index in [0.29, 0.717) is 50.8 Å². The van der Waals surface area contributed by atoms with Crippen molar-refractivity contribution in [1.82, 2.24) is 0 Å². The lowest BCUT2D eigenvalue weighted by molar-refractivity contribution is -0.143. The number of benzene rings is 4. The number of carbonyl (C=O) groups excluding carboxylic acids is 2. The van der Waals surface area contributed by atoms with Crippen LogP contribution in [0.3, 0.4) is 0 Å². The topological polar surface area (TPSA) is 176 Å². The molecule has 0 unspecified atom stereocenters. The lowest BCUT2D eigenvalue weighted by Gasteiger charge is -2.09. The molecular formula is C44H52O14S2. The SMILES string of the molecule is CCOC(=O)C(=Cc1cccc(OCCc2ccc(OS(C)(=O)=O)cc2)c1)OCC.CCOC(=O)C(=Cc1cccc(OCCc2ccc(OS(C)(=O)=O)cc2)c1)OCC. The van der Waals surface area contributed by atoms with Crippen molar-refractivity contribution in [3.05, 3.63) is 131 Å². The Hall–Kier alpha value is -6.00. The van der Waals surface area contributed by atoms with Gasteiger partial charge in [-0.1, -0.05) is 48.5 Å². The van der Waals surface area contributed by atoms with E-state index >= 15 is 0 Å². The molecule has 60 heavy (non-hydrogen) atoms. The summed E-state index contributed by atoms with van der Waals surface area (Å²) in [4.78, 5) is 23.9. The second kappa shape index (κ2) is 24.8. The molecule has 0 saturated heterocycles. The molecule has 0 spiro atoms. The van der Waals surface area contributed by atoms with Gasteiger partial charge in [0, 0.05) is 12.8 Å². The molecule has 0 fully saturated rings. The molecule has 0 aliphatic heterocycles. The molecule has 0 atom stereocenters. The third kappa shape index (κ3) is 19.2. The molecule has 0 aromatic heterocycles. The van der Waals surface area contributed by atoms with E-state index < -0.39 is 32.2 Å². The maximum atomic E-state index is 12.0. The third-order valence-corrected chi connectivity index (χ3v) is 8.52. The first-order valence-corrected chi connectivity index (χ1v) is 22.7. The van der Waals surface area contributed by atoms with Gasteiger partial charge < -0.3 is 36.8 Å². The summed E-state index contributed by atoms with van der Waals surface area (Å²) in [6.07, 6.45) is 6.51. The van der Waals surface area contributed by atoms with Gasteiger partial charge in [0.25, 0.3) is 0 Å². The minimum Gasteiger partial charge on any atom is -0.493 e. The normalized spacial score (nSPS) is 11.6. The lowest BCUT2D eigenvalue weighted by atomic mass is 10.1. The van der Waals surface area contributed by atoms with Crippen LogP contribution in [0.1, 0.15) is 49.9 Å². The molecule has 324 valence electrons. The highest BCUT2D eigenvalue weighted by molar-refractivity contribution is 7.86. The Morgan fingerprint density at radius 1 is 0.483 bits per heavy atom. The molecule has 0 N–H and O–H groups in total. The molecule has 0 saturated carbocycles. The van der Waals surface area contributed by atoms with Crippen molar-refractivity contribution in [2.75, 3.05) is 52.2 Å². The van der Waals surface area contributed by atoms with Gasteiger partial charge in [-0.2, -0.15) is 16.8 Å². The summed E-state index contributed by atoms with van der Waals surface area (Å²) in [5.41, 5.74) is 3.47. The van der Waals surface area contributed by atoms with E-state index in [1.165, 1.54) is 0 Å². The van der Waals surface area contributed by atoms with Crippen molar-refractivity contribution in [2.24, 2.45) is 0 Å². The zero-order valence-electron chi connectivity index (χ0n) is 34.6. The van der Waals surface area contributed by atoms with Crippen molar-refractivity contribution in [1.29, 1.82) is 0 Å². The van der Waals surface area contributed by atoms with Crippen LogP contribution in [0.5, 0.6) is 23.0 Å². The van der Waals surface area contributed by atoms with Crippen molar-refractivity contribution < 1.29 is 63.2 Å². The summed E-state index contributed by atoms with van der Waals surface area (Å²) < 4.78 is 86.5. The van der Waals surface area contributed by atoms with Gasteiger partial charge in [0.05, 0.1) is 52.2 Å². The van der Waals surface area contributed by atoms with E-state index in [4.69, 9.17) is 36.8 Å². The van der Waals surface area contributed by atoms with Gasteiger partial charge in [-0.05, 0) is 111 Å². The van der Waals surface area contributed by atoms with Gasteiger partial charge in [-0.15, -0.1) is 0 Å². The van der Waals surface area contributed by atoms with Crippen LogP contribution in [0, 0.1) is 0 Å². The van der Waals surface area contributed by atoms with Crippen molar-refractivity contribution in [2.45, 2.75) is 40.5 Å². The first-order chi connectivity index (χ1) is 28.6. The second-order valence-corrected chi connectivity index (χ2v) is 15.7. The number of rotatable bonds is 22. The highest BCUT2D eigenvalue weighted by Crippen LogP contribution is 2.21. The standard InChI is InChI=1S/2C22H26O7S/c2*1-4-26-21(22(23)27-5-2)16-18-7-6-8-20(15-18)28-14-13-17-9-11-19(12-10-17)29-30(3,24)25/h2*6-12,15-16H,4-5,13-14H2,1-3H3. The Bertz CT molecular complexity index is 2090. The van der Waals surface area contributed by atoms with Gasteiger partial charge in [0.1, 0.15) is 23.0 Å². The van der Waals surface area contributed by atoms with Crippen molar-refractivity contribution >= 4 is 44.3 Å². The molecule has 0 radical (unpaired) electrons. The predicted octanol–water partition coefficient (Wildman–Crippen LogP) is 7.17. The van der Waals surface area contributed by atoms with Gasteiger partial charge in [-0.3, -0.25) is 0 Å². The zero-order chi connectivity index (χ0) is 44.0. The summed E-state index contributed by atoms with van der Waals surface area (Å²) in [7, 11) is -7.07. The molecule has 14 nitrogen and oxygen atoms in total. The van der Waals surface area contributed by atoms with Gasteiger partial charge in [0.15, 0.2) is 0 Å². The van der Waals surface area contributed by atoms with E-state index in [1.807, 2.05) is 36.4 Å². The van der Waals surface area contributed by atoms with Crippen LogP contribution in [0.2, 0.25) is 0 Å². The maximum absolute atomic E-state index is 12.0.